The highest BCUT2D eigenvalue weighted by Gasteiger charge is 2.24. The summed E-state index contributed by atoms with van der Waals surface area (Å²) in [6, 6.07) is 2.09. The summed E-state index contributed by atoms with van der Waals surface area (Å²) in [5.74, 6) is 0. The summed E-state index contributed by atoms with van der Waals surface area (Å²) < 4.78 is 26.9. The van der Waals surface area contributed by atoms with E-state index in [1.165, 1.54) is 18.4 Å². The van der Waals surface area contributed by atoms with Crippen molar-refractivity contribution in [3.63, 3.8) is 0 Å². The van der Waals surface area contributed by atoms with Gasteiger partial charge < -0.3 is 0 Å². The van der Waals surface area contributed by atoms with E-state index in [-0.39, 0.29) is 6.04 Å². The van der Waals surface area contributed by atoms with Crippen LogP contribution in [0.2, 0.25) is 0 Å². The van der Waals surface area contributed by atoms with Crippen molar-refractivity contribution in [1.29, 1.82) is 5.26 Å². The van der Waals surface area contributed by atoms with Crippen LogP contribution in [0, 0.1) is 11.3 Å². The molecule has 0 unspecified atom stereocenters. The third-order valence-electron chi connectivity index (χ3n) is 2.68. The normalized spacial score (nSPS) is 19.9. The predicted molar refractivity (Wildman–Crippen MR) is 60.8 cm³/mol. The fourth-order valence-electron chi connectivity index (χ4n) is 1.62. The molecule has 16 heavy (non-hydrogen) atoms. The smallest absolute Gasteiger partial charge is 0.279 e. The van der Waals surface area contributed by atoms with E-state index in [9.17, 15) is 8.42 Å². The van der Waals surface area contributed by atoms with Crippen LogP contribution in [-0.4, -0.2) is 57.4 Å². The molecule has 0 aromatic rings. The molecule has 0 aromatic heterocycles. The van der Waals surface area contributed by atoms with Gasteiger partial charge in [-0.05, 0) is 12.8 Å². The minimum Gasteiger partial charge on any atom is -0.290 e. The topological polar surface area (TPSA) is 76.4 Å². The lowest BCUT2D eigenvalue weighted by atomic mass is 10.1. The van der Waals surface area contributed by atoms with Crippen LogP contribution in [-0.2, 0) is 10.2 Å². The number of rotatable bonds is 4. The lowest BCUT2D eigenvalue weighted by Crippen LogP contribution is -2.47. The molecule has 7 heteroatoms. The molecule has 0 bridgehead atoms. The minimum absolute atomic E-state index is 0.0117. The van der Waals surface area contributed by atoms with E-state index in [0.29, 0.717) is 6.54 Å². The molecule has 1 N–H and O–H groups in total. The lowest BCUT2D eigenvalue weighted by Gasteiger charge is -2.31. The number of likely N-dealkylation sites (tertiary alicyclic amines) is 1. The molecule has 1 fully saturated rings. The van der Waals surface area contributed by atoms with Gasteiger partial charge in [-0.2, -0.15) is 22.7 Å². The molecular formula is C9H18N4O2S. The summed E-state index contributed by atoms with van der Waals surface area (Å²) in [5.41, 5.74) is 0. The van der Waals surface area contributed by atoms with Gasteiger partial charge in [0.15, 0.2) is 0 Å². The quantitative estimate of drug-likeness (QED) is 0.670. The first kappa shape index (κ1) is 13.4. The Labute approximate surface area is 97.0 Å². The Morgan fingerprint density at radius 1 is 1.44 bits per heavy atom. The average molecular weight is 246 g/mol. The van der Waals surface area contributed by atoms with Crippen LogP contribution in [0.4, 0.5) is 0 Å². The van der Waals surface area contributed by atoms with Crippen LogP contribution < -0.4 is 4.72 Å². The van der Waals surface area contributed by atoms with Gasteiger partial charge in [0.1, 0.15) is 0 Å². The van der Waals surface area contributed by atoms with Gasteiger partial charge in [0.05, 0.1) is 12.6 Å². The SMILES string of the molecule is CN(C)S(=O)(=O)NC1CCN(CC#N)CC1. The number of nitriles is 1. The zero-order chi connectivity index (χ0) is 12.2. The molecule has 0 aliphatic carbocycles. The molecule has 1 aliphatic heterocycles. The Kier molecular flexibility index (Phi) is 4.68. The van der Waals surface area contributed by atoms with Crippen LogP contribution in [0.15, 0.2) is 0 Å². The Balaban J connectivity index is 2.41. The van der Waals surface area contributed by atoms with Crippen molar-refractivity contribution in [2.45, 2.75) is 18.9 Å². The molecule has 1 rings (SSSR count). The summed E-state index contributed by atoms with van der Waals surface area (Å²) in [6.45, 7) is 1.97. The van der Waals surface area contributed by atoms with Gasteiger partial charge in [0.25, 0.3) is 10.2 Å². The highest BCUT2D eigenvalue weighted by Crippen LogP contribution is 2.11. The average Bonchev–Trinajstić information content (AvgIpc) is 2.21. The maximum Gasteiger partial charge on any atom is 0.279 e. The number of piperidine rings is 1. The van der Waals surface area contributed by atoms with Crippen LogP contribution in [0.1, 0.15) is 12.8 Å². The molecule has 1 heterocycles. The van der Waals surface area contributed by atoms with Gasteiger partial charge in [0.2, 0.25) is 0 Å². The molecule has 0 saturated carbocycles. The molecular weight excluding hydrogens is 228 g/mol. The molecule has 92 valence electrons. The van der Waals surface area contributed by atoms with Crippen LogP contribution in [0.3, 0.4) is 0 Å². The standard InChI is InChI=1S/C9H18N4O2S/c1-12(2)16(14,15)11-9-3-6-13(7-4-9)8-5-10/h9,11H,3-4,6-8H2,1-2H3. The summed E-state index contributed by atoms with van der Waals surface area (Å²) >= 11 is 0. The Morgan fingerprint density at radius 2 is 2.00 bits per heavy atom. The summed E-state index contributed by atoms with van der Waals surface area (Å²) in [6.07, 6.45) is 1.52. The van der Waals surface area contributed by atoms with Crippen molar-refractivity contribution >= 4 is 10.2 Å². The lowest BCUT2D eigenvalue weighted by molar-refractivity contribution is 0.227. The van der Waals surface area contributed by atoms with Gasteiger partial charge in [-0.3, -0.25) is 4.90 Å². The molecule has 0 aromatic carbocycles. The van der Waals surface area contributed by atoms with Gasteiger partial charge in [-0.25, -0.2) is 0 Å². The first-order chi connectivity index (χ1) is 7.45. The molecule has 0 atom stereocenters. The maximum absolute atomic E-state index is 11.6. The van der Waals surface area contributed by atoms with E-state index in [2.05, 4.69) is 10.8 Å². The Hall–Kier alpha value is -0.680. The second kappa shape index (κ2) is 5.59. The molecule has 1 saturated heterocycles. The second-order valence-corrected chi connectivity index (χ2v) is 6.03. The molecule has 0 radical (unpaired) electrons. The molecule has 1 aliphatic rings. The number of hydrogen-bond acceptors (Lipinski definition) is 4. The van der Waals surface area contributed by atoms with Gasteiger partial charge in [-0.1, -0.05) is 0 Å². The number of hydrogen-bond donors (Lipinski definition) is 1. The van der Waals surface area contributed by atoms with Crippen molar-refractivity contribution in [1.82, 2.24) is 13.9 Å². The number of nitrogens with one attached hydrogen (secondary N) is 1. The van der Waals surface area contributed by atoms with E-state index < -0.39 is 10.2 Å². The fourth-order valence-corrected chi connectivity index (χ4v) is 2.49. The summed E-state index contributed by atoms with van der Waals surface area (Å²) in [7, 11) is -0.314. The highest BCUT2D eigenvalue weighted by atomic mass is 32.2. The van der Waals surface area contributed by atoms with Crippen molar-refractivity contribution in [2.24, 2.45) is 0 Å². The second-order valence-electron chi connectivity index (χ2n) is 4.11. The molecule has 0 spiro atoms. The Bertz CT molecular complexity index is 352. The van der Waals surface area contributed by atoms with E-state index >= 15 is 0 Å². The first-order valence-electron chi connectivity index (χ1n) is 5.25. The van der Waals surface area contributed by atoms with Crippen LogP contribution in [0.25, 0.3) is 0 Å². The first-order valence-corrected chi connectivity index (χ1v) is 6.69. The van der Waals surface area contributed by atoms with Crippen molar-refractivity contribution in [3.8, 4) is 6.07 Å². The van der Waals surface area contributed by atoms with Crippen LogP contribution in [0.5, 0.6) is 0 Å². The Morgan fingerprint density at radius 3 is 2.44 bits per heavy atom. The van der Waals surface area contributed by atoms with Crippen molar-refractivity contribution < 1.29 is 8.42 Å². The minimum atomic E-state index is -3.33. The molecule has 6 nitrogen and oxygen atoms in total. The highest BCUT2D eigenvalue weighted by molar-refractivity contribution is 7.87. The summed E-state index contributed by atoms with van der Waals surface area (Å²) in [5, 5.41) is 8.53. The third-order valence-corrected chi connectivity index (χ3v) is 4.27. The van der Waals surface area contributed by atoms with Gasteiger partial charge in [0, 0.05) is 33.2 Å². The van der Waals surface area contributed by atoms with E-state index in [4.69, 9.17) is 5.26 Å². The molecule has 0 amide bonds. The van der Waals surface area contributed by atoms with Gasteiger partial charge in [-0.15, -0.1) is 0 Å². The van der Waals surface area contributed by atoms with Crippen molar-refractivity contribution in [3.05, 3.63) is 0 Å². The maximum atomic E-state index is 11.6. The fraction of sp³-hybridized carbons (Fsp3) is 0.889. The third kappa shape index (κ3) is 3.72. The zero-order valence-corrected chi connectivity index (χ0v) is 10.5. The van der Waals surface area contributed by atoms with Crippen molar-refractivity contribution in [2.75, 3.05) is 33.7 Å². The predicted octanol–water partition coefficient (Wildman–Crippen LogP) is -0.630. The largest absolute Gasteiger partial charge is 0.290 e. The van der Waals surface area contributed by atoms with E-state index in [1.54, 1.807) is 0 Å². The van der Waals surface area contributed by atoms with Gasteiger partial charge >= 0.3 is 0 Å². The van der Waals surface area contributed by atoms with E-state index in [1.807, 2.05) is 4.90 Å². The summed E-state index contributed by atoms with van der Waals surface area (Å²) in [4.78, 5) is 2.03. The monoisotopic (exact) mass is 246 g/mol. The zero-order valence-electron chi connectivity index (χ0n) is 9.68. The van der Waals surface area contributed by atoms with E-state index in [0.717, 1.165) is 25.9 Å². The number of nitrogens with zero attached hydrogens (tertiary/aromatic N) is 3. The van der Waals surface area contributed by atoms with Crippen LogP contribution >= 0.6 is 0 Å².